The highest BCUT2D eigenvalue weighted by Crippen LogP contribution is 2.36. The van der Waals surface area contributed by atoms with E-state index in [1.807, 2.05) is 18.2 Å². The van der Waals surface area contributed by atoms with Crippen LogP contribution >= 0.6 is 0 Å². The highest BCUT2D eigenvalue weighted by Gasteiger charge is 2.24. The number of ether oxygens (including phenoxy) is 6. The molecular formula is C35H48O6Si3. The monoisotopic (exact) mass is 648 g/mol. The van der Waals surface area contributed by atoms with Crippen LogP contribution in [0.4, 0.5) is 0 Å². The van der Waals surface area contributed by atoms with E-state index < -0.39 is 0 Å². The Labute approximate surface area is 272 Å². The minimum atomic E-state index is 0.300. The second-order valence-electron chi connectivity index (χ2n) is 11.0. The van der Waals surface area contributed by atoms with E-state index in [1.54, 1.807) is 42.7 Å². The zero-order valence-electron chi connectivity index (χ0n) is 27.5. The van der Waals surface area contributed by atoms with Crippen LogP contribution in [0.3, 0.4) is 0 Å². The first kappa shape index (κ1) is 35.6. The molecule has 0 spiro atoms. The van der Waals surface area contributed by atoms with Gasteiger partial charge in [0.05, 0.1) is 71.2 Å². The molecule has 0 unspecified atom stereocenters. The van der Waals surface area contributed by atoms with Gasteiger partial charge in [-0.3, -0.25) is 0 Å². The number of hydrogen-bond acceptors (Lipinski definition) is 6. The molecule has 0 heterocycles. The smallest absolute Gasteiger partial charge is 0.160 e. The van der Waals surface area contributed by atoms with Gasteiger partial charge in [0.2, 0.25) is 0 Å². The summed E-state index contributed by atoms with van der Waals surface area (Å²) in [7, 11) is 12.4. The Morgan fingerprint density at radius 1 is 0.455 bits per heavy atom. The lowest BCUT2D eigenvalue weighted by Gasteiger charge is -2.30. The lowest BCUT2D eigenvalue weighted by molar-refractivity contribution is 0.242. The Morgan fingerprint density at radius 2 is 0.750 bits per heavy atom. The summed E-state index contributed by atoms with van der Waals surface area (Å²) in [6.45, 7) is 2.51. The largest absolute Gasteiger partial charge is 0.493 e. The summed E-state index contributed by atoms with van der Waals surface area (Å²) in [6, 6.07) is 22.0. The van der Waals surface area contributed by atoms with Crippen LogP contribution in [0, 0.1) is 5.41 Å². The summed E-state index contributed by atoms with van der Waals surface area (Å²) in [5.74, 6) is 5.05. The van der Waals surface area contributed by atoms with Crippen molar-refractivity contribution in [3.05, 3.63) is 54.6 Å². The fourth-order valence-electron chi connectivity index (χ4n) is 5.67. The van der Waals surface area contributed by atoms with Gasteiger partial charge in [-0.05, 0) is 58.4 Å². The van der Waals surface area contributed by atoms with Crippen molar-refractivity contribution in [2.75, 3.05) is 42.7 Å². The maximum absolute atomic E-state index is 5.68. The molecule has 0 saturated carbocycles. The molecule has 0 saturated heterocycles. The number of benzene rings is 3. The molecule has 44 heavy (non-hydrogen) atoms. The second kappa shape index (κ2) is 18.8. The fraction of sp³-hybridized carbons (Fsp3) is 0.486. The quantitative estimate of drug-likeness (QED) is 0.109. The third kappa shape index (κ3) is 10.1. The molecule has 0 atom stereocenters. The molecule has 6 radical (unpaired) electrons. The van der Waals surface area contributed by atoms with Crippen LogP contribution in [-0.2, 0) is 0 Å². The number of methoxy groups -OCH3 is 6. The predicted molar refractivity (Wildman–Crippen MR) is 185 cm³/mol. The average Bonchev–Trinajstić information content (AvgIpc) is 3.06. The molecule has 0 aliphatic heterocycles. The summed E-state index contributed by atoms with van der Waals surface area (Å²) in [5, 5.41) is 3.74. The Balaban J connectivity index is 1.60. The molecule has 0 aromatic heterocycles. The van der Waals surface area contributed by atoms with Gasteiger partial charge in [0, 0.05) is 0 Å². The van der Waals surface area contributed by atoms with Crippen LogP contribution < -0.4 is 44.0 Å². The predicted octanol–water partition coefficient (Wildman–Crippen LogP) is 5.73. The highest BCUT2D eigenvalue weighted by molar-refractivity contribution is 6.55. The minimum absolute atomic E-state index is 0.300. The first-order chi connectivity index (χ1) is 21.4. The molecule has 3 aromatic carbocycles. The van der Waals surface area contributed by atoms with Crippen LogP contribution in [-0.4, -0.2) is 71.2 Å². The molecule has 0 aliphatic carbocycles. The normalized spacial score (nSPS) is 11.2. The van der Waals surface area contributed by atoms with Gasteiger partial charge in [0.1, 0.15) is 0 Å². The van der Waals surface area contributed by atoms with Gasteiger partial charge in [-0.15, -0.1) is 0 Å². The number of para-hydroxylation sites is 3. The molecule has 0 bridgehead atoms. The lowest BCUT2D eigenvalue weighted by Crippen LogP contribution is -2.22. The SMILES string of the molecule is COc1cccc([Si]CCCC(C)(CCC[Si]c2cccc(OC)c2OC)CCC[Si]c2cccc(OC)c2OC)c1OC. The summed E-state index contributed by atoms with van der Waals surface area (Å²) in [4.78, 5) is 0. The van der Waals surface area contributed by atoms with Crippen LogP contribution in [0.5, 0.6) is 34.5 Å². The third-order valence-electron chi connectivity index (χ3n) is 8.03. The highest BCUT2D eigenvalue weighted by atomic mass is 28.2. The van der Waals surface area contributed by atoms with Gasteiger partial charge in [-0.2, -0.15) is 0 Å². The van der Waals surface area contributed by atoms with Gasteiger partial charge in [-0.1, -0.05) is 80.7 Å². The second-order valence-corrected chi connectivity index (χ2v) is 15.2. The molecule has 0 aliphatic rings. The maximum Gasteiger partial charge on any atom is 0.160 e. The first-order valence-corrected chi connectivity index (χ1v) is 18.9. The number of rotatable bonds is 21. The van der Waals surface area contributed by atoms with Crippen LogP contribution in [0.1, 0.15) is 45.4 Å². The third-order valence-corrected chi connectivity index (χ3v) is 12.2. The summed E-state index contributed by atoms with van der Waals surface area (Å²) in [5.41, 5.74) is 0.300. The van der Waals surface area contributed by atoms with Crippen molar-refractivity contribution in [1.82, 2.24) is 0 Å². The Hall–Kier alpha value is -2.89. The van der Waals surface area contributed by atoms with E-state index >= 15 is 0 Å². The fourth-order valence-corrected chi connectivity index (χ4v) is 9.34. The minimum Gasteiger partial charge on any atom is -0.493 e. The van der Waals surface area contributed by atoms with Crippen LogP contribution in [0.2, 0.25) is 18.1 Å². The molecule has 236 valence electrons. The molecule has 0 amide bonds. The van der Waals surface area contributed by atoms with E-state index in [0.29, 0.717) is 34.0 Å². The summed E-state index contributed by atoms with van der Waals surface area (Å²) in [6.07, 6.45) is 7.28. The molecule has 6 nitrogen and oxygen atoms in total. The Kier molecular flexibility index (Phi) is 15.2. The van der Waals surface area contributed by atoms with Crippen molar-refractivity contribution in [3.8, 4) is 34.5 Å². The lowest BCUT2D eigenvalue weighted by atomic mass is 9.77. The van der Waals surface area contributed by atoms with E-state index in [-0.39, 0.29) is 0 Å². The van der Waals surface area contributed by atoms with Gasteiger partial charge in [0.25, 0.3) is 0 Å². The zero-order chi connectivity index (χ0) is 31.8. The average molecular weight is 649 g/mol. The van der Waals surface area contributed by atoms with Gasteiger partial charge in [-0.25, -0.2) is 0 Å². The van der Waals surface area contributed by atoms with Crippen molar-refractivity contribution >= 4 is 44.1 Å². The molecule has 0 fully saturated rings. The number of hydrogen-bond donors (Lipinski definition) is 0. The van der Waals surface area contributed by atoms with E-state index in [4.69, 9.17) is 28.4 Å². The van der Waals surface area contributed by atoms with E-state index in [9.17, 15) is 0 Å². The molecular weight excluding hydrogens is 601 g/mol. The van der Waals surface area contributed by atoms with E-state index in [0.717, 1.165) is 52.6 Å². The molecule has 0 N–H and O–H groups in total. The van der Waals surface area contributed by atoms with Crippen molar-refractivity contribution in [3.63, 3.8) is 0 Å². The zero-order valence-corrected chi connectivity index (χ0v) is 30.5. The van der Waals surface area contributed by atoms with Crippen LogP contribution in [0.15, 0.2) is 54.6 Å². The van der Waals surface area contributed by atoms with Gasteiger partial charge >= 0.3 is 0 Å². The van der Waals surface area contributed by atoms with Crippen molar-refractivity contribution in [1.29, 1.82) is 0 Å². The standard InChI is InChI=1S/C35H48O6Si3/c1-35(20-11-23-42-29-17-8-14-26(36-2)32(29)39-5,21-12-24-43-30-18-9-15-27(37-3)33(30)40-6)22-13-25-44-31-19-10-16-28(38-4)34(31)41-7/h8-10,14-19H,11-13,20-25H2,1-7H3. The molecule has 9 heteroatoms. The molecule has 3 rings (SSSR count). The Bertz CT molecular complexity index is 1130. The van der Waals surface area contributed by atoms with E-state index in [2.05, 4.69) is 43.3 Å². The van der Waals surface area contributed by atoms with Gasteiger partial charge < -0.3 is 28.4 Å². The van der Waals surface area contributed by atoms with Crippen molar-refractivity contribution in [2.24, 2.45) is 5.41 Å². The summed E-state index contributed by atoms with van der Waals surface area (Å²) < 4.78 is 33.6. The summed E-state index contributed by atoms with van der Waals surface area (Å²) >= 11 is 0. The first-order valence-electron chi connectivity index (χ1n) is 15.3. The molecule has 3 aromatic rings. The van der Waals surface area contributed by atoms with Crippen LogP contribution in [0.25, 0.3) is 0 Å². The Morgan fingerprint density at radius 3 is 1.00 bits per heavy atom. The van der Waals surface area contributed by atoms with E-state index in [1.165, 1.54) is 54.1 Å². The van der Waals surface area contributed by atoms with Crippen molar-refractivity contribution < 1.29 is 28.4 Å². The van der Waals surface area contributed by atoms with Crippen molar-refractivity contribution in [2.45, 2.75) is 63.6 Å². The van der Waals surface area contributed by atoms with Gasteiger partial charge in [0.15, 0.2) is 34.5 Å². The topological polar surface area (TPSA) is 55.4 Å². The maximum atomic E-state index is 5.68.